The molecule has 0 aromatic carbocycles. The molecule has 1 aromatic rings. The van der Waals surface area contributed by atoms with Gasteiger partial charge in [0.1, 0.15) is 0 Å². The first-order valence-electron chi connectivity index (χ1n) is 8.52. The van der Waals surface area contributed by atoms with Crippen LogP contribution in [0.3, 0.4) is 0 Å². The van der Waals surface area contributed by atoms with Crippen molar-refractivity contribution < 1.29 is 9.53 Å². The molecule has 2 atom stereocenters. The highest BCUT2D eigenvalue weighted by atomic mass is 32.1. The molecule has 0 radical (unpaired) electrons. The quantitative estimate of drug-likeness (QED) is 0.880. The van der Waals surface area contributed by atoms with Crippen LogP contribution in [0, 0.1) is 0 Å². The molecule has 2 aliphatic rings. The van der Waals surface area contributed by atoms with E-state index in [1.165, 1.54) is 10.4 Å². The number of nitrogens with zero attached hydrogens (tertiary/aromatic N) is 2. The Morgan fingerprint density at radius 2 is 2.13 bits per heavy atom. The van der Waals surface area contributed by atoms with Gasteiger partial charge in [-0.05, 0) is 37.3 Å². The van der Waals surface area contributed by atoms with E-state index >= 15 is 0 Å². The minimum absolute atomic E-state index is 0.137. The van der Waals surface area contributed by atoms with Crippen molar-refractivity contribution in [2.45, 2.75) is 39.0 Å². The normalized spacial score (nSPS) is 26.0. The Balaban J connectivity index is 1.35. The van der Waals surface area contributed by atoms with Crippen molar-refractivity contribution in [3.8, 4) is 0 Å². The van der Waals surface area contributed by atoms with Crippen LogP contribution >= 0.6 is 11.3 Å². The third-order valence-electron chi connectivity index (χ3n) is 4.50. The highest BCUT2D eigenvalue weighted by Crippen LogP contribution is 2.23. The molecular weight excluding hydrogens is 310 g/mol. The summed E-state index contributed by atoms with van der Waals surface area (Å²) >= 11 is 1.83. The van der Waals surface area contributed by atoms with Crippen molar-refractivity contribution in [2.75, 3.05) is 39.3 Å². The highest BCUT2D eigenvalue weighted by Gasteiger charge is 2.22. The number of nitrogens with one attached hydrogen (secondary N) is 1. The van der Waals surface area contributed by atoms with Crippen LogP contribution in [0.5, 0.6) is 0 Å². The molecule has 2 aliphatic heterocycles. The standard InChI is InChI=1S/C17H27N3O2S/c1-13-9-20(10-14(2)22-13)7-5-18-17(21)12-19-6-3-16-15(11-19)4-8-23-16/h4,8,13-14H,3,5-7,9-12H2,1-2H3,(H,18,21)/t13-,14-/m0/s1. The fraction of sp³-hybridized carbons (Fsp3) is 0.706. The number of morpholine rings is 1. The predicted octanol–water partition coefficient (Wildman–Crippen LogP) is 1.33. The van der Waals surface area contributed by atoms with Crippen molar-refractivity contribution in [3.63, 3.8) is 0 Å². The van der Waals surface area contributed by atoms with Crippen LogP contribution < -0.4 is 5.32 Å². The number of fused-ring (bicyclic) bond motifs is 1. The van der Waals surface area contributed by atoms with Gasteiger partial charge in [-0.1, -0.05) is 0 Å². The molecule has 3 rings (SSSR count). The van der Waals surface area contributed by atoms with Gasteiger partial charge >= 0.3 is 0 Å². The first-order valence-corrected chi connectivity index (χ1v) is 9.40. The van der Waals surface area contributed by atoms with Crippen molar-refractivity contribution in [3.05, 3.63) is 21.9 Å². The smallest absolute Gasteiger partial charge is 0.234 e. The SMILES string of the molecule is C[C@H]1CN(CCNC(=O)CN2CCc3sccc3C2)C[C@H](C)O1. The van der Waals surface area contributed by atoms with E-state index in [4.69, 9.17) is 4.74 Å². The van der Waals surface area contributed by atoms with E-state index in [1.807, 2.05) is 11.3 Å². The monoisotopic (exact) mass is 337 g/mol. The molecule has 128 valence electrons. The number of thiophene rings is 1. The maximum atomic E-state index is 12.1. The summed E-state index contributed by atoms with van der Waals surface area (Å²) in [6.45, 7) is 10.1. The van der Waals surface area contributed by atoms with E-state index in [2.05, 4.69) is 40.4 Å². The molecule has 1 fully saturated rings. The molecule has 1 aromatic heterocycles. The van der Waals surface area contributed by atoms with Gasteiger partial charge < -0.3 is 10.1 Å². The summed E-state index contributed by atoms with van der Waals surface area (Å²) in [5.74, 6) is 0.137. The van der Waals surface area contributed by atoms with Gasteiger partial charge in [0, 0.05) is 44.1 Å². The molecule has 5 nitrogen and oxygen atoms in total. The van der Waals surface area contributed by atoms with E-state index in [0.29, 0.717) is 6.54 Å². The minimum Gasteiger partial charge on any atom is -0.373 e. The zero-order valence-corrected chi connectivity index (χ0v) is 14.9. The minimum atomic E-state index is 0.137. The van der Waals surface area contributed by atoms with Gasteiger partial charge in [0.15, 0.2) is 0 Å². The molecule has 23 heavy (non-hydrogen) atoms. The molecule has 0 aliphatic carbocycles. The average molecular weight is 337 g/mol. The van der Waals surface area contributed by atoms with E-state index < -0.39 is 0 Å². The third-order valence-corrected chi connectivity index (χ3v) is 5.52. The average Bonchev–Trinajstić information content (AvgIpc) is 2.93. The fourth-order valence-electron chi connectivity index (χ4n) is 3.52. The molecule has 0 spiro atoms. The van der Waals surface area contributed by atoms with E-state index in [1.54, 1.807) is 0 Å². The van der Waals surface area contributed by atoms with E-state index in [0.717, 1.165) is 45.7 Å². The Labute approximate surface area is 142 Å². The zero-order valence-electron chi connectivity index (χ0n) is 14.1. The van der Waals surface area contributed by atoms with Crippen LogP contribution in [0.25, 0.3) is 0 Å². The summed E-state index contributed by atoms with van der Waals surface area (Å²) in [6.07, 6.45) is 1.63. The molecule has 0 bridgehead atoms. The highest BCUT2D eigenvalue weighted by molar-refractivity contribution is 7.10. The first-order chi connectivity index (χ1) is 11.1. The van der Waals surface area contributed by atoms with Crippen molar-refractivity contribution >= 4 is 17.2 Å². The Kier molecular flexibility index (Phi) is 5.69. The molecule has 1 N–H and O–H groups in total. The predicted molar refractivity (Wildman–Crippen MR) is 92.8 cm³/mol. The lowest BCUT2D eigenvalue weighted by molar-refractivity contribution is -0.122. The van der Waals surface area contributed by atoms with Crippen LogP contribution in [0.2, 0.25) is 0 Å². The molecule has 1 saturated heterocycles. The number of hydrogen-bond donors (Lipinski definition) is 1. The molecule has 0 unspecified atom stereocenters. The van der Waals surface area contributed by atoms with Gasteiger partial charge in [-0.25, -0.2) is 0 Å². The maximum Gasteiger partial charge on any atom is 0.234 e. The molecule has 3 heterocycles. The summed E-state index contributed by atoms with van der Waals surface area (Å²) in [4.78, 5) is 18.2. The van der Waals surface area contributed by atoms with Crippen molar-refractivity contribution in [1.82, 2.24) is 15.1 Å². The summed E-state index contributed by atoms with van der Waals surface area (Å²) < 4.78 is 5.73. The molecule has 1 amide bonds. The van der Waals surface area contributed by atoms with Crippen LogP contribution in [0.4, 0.5) is 0 Å². The lowest BCUT2D eigenvalue weighted by atomic mass is 10.1. The van der Waals surface area contributed by atoms with Gasteiger partial charge in [-0.2, -0.15) is 0 Å². The second-order valence-electron chi connectivity index (χ2n) is 6.70. The molecule has 6 heteroatoms. The van der Waals surface area contributed by atoms with Crippen LogP contribution in [-0.4, -0.2) is 67.2 Å². The Morgan fingerprint density at radius 1 is 1.35 bits per heavy atom. The number of carbonyl (C=O) groups excluding carboxylic acids is 1. The second-order valence-corrected chi connectivity index (χ2v) is 7.70. The molecular formula is C17H27N3O2S. The summed E-state index contributed by atoms with van der Waals surface area (Å²) in [5, 5.41) is 5.22. The van der Waals surface area contributed by atoms with Gasteiger partial charge in [0.2, 0.25) is 5.91 Å². The first kappa shape index (κ1) is 16.9. The number of carbonyl (C=O) groups is 1. The molecule has 0 saturated carbocycles. The Bertz CT molecular complexity index is 524. The maximum absolute atomic E-state index is 12.1. The Morgan fingerprint density at radius 3 is 2.91 bits per heavy atom. The van der Waals surface area contributed by atoms with Gasteiger partial charge in [0.25, 0.3) is 0 Å². The fourth-order valence-corrected chi connectivity index (χ4v) is 4.41. The van der Waals surface area contributed by atoms with Crippen molar-refractivity contribution in [2.24, 2.45) is 0 Å². The van der Waals surface area contributed by atoms with Crippen molar-refractivity contribution in [1.29, 1.82) is 0 Å². The number of rotatable bonds is 5. The van der Waals surface area contributed by atoms with E-state index in [-0.39, 0.29) is 18.1 Å². The largest absolute Gasteiger partial charge is 0.373 e. The van der Waals surface area contributed by atoms with Crippen LogP contribution in [0.15, 0.2) is 11.4 Å². The lowest BCUT2D eigenvalue weighted by Crippen LogP contribution is -2.48. The zero-order chi connectivity index (χ0) is 16.2. The second kappa shape index (κ2) is 7.75. The third kappa shape index (κ3) is 4.76. The summed E-state index contributed by atoms with van der Waals surface area (Å²) in [5.41, 5.74) is 1.39. The van der Waals surface area contributed by atoms with Gasteiger partial charge in [-0.15, -0.1) is 11.3 Å². The van der Waals surface area contributed by atoms with Crippen LogP contribution in [-0.2, 0) is 22.5 Å². The Hall–Kier alpha value is -0.950. The van der Waals surface area contributed by atoms with Crippen LogP contribution in [0.1, 0.15) is 24.3 Å². The number of ether oxygens (including phenoxy) is 1. The van der Waals surface area contributed by atoms with Gasteiger partial charge in [-0.3, -0.25) is 14.6 Å². The van der Waals surface area contributed by atoms with E-state index in [9.17, 15) is 4.79 Å². The van der Waals surface area contributed by atoms with Gasteiger partial charge in [0.05, 0.1) is 18.8 Å². The lowest BCUT2D eigenvalue weighted by Gasteiger charge is -2.35. The summed E-state index contributed by atoms with van der Waals surface area (Å²) in [6, 6.07) is 2.19. The topological polar surface area (TPSA) is 44.8 Å². The number of hydrogen-bond acceptors (Lipinski definition) is 5. The summed E-state index contributed by atoms with van der Waals surface area (Å²) in [7, 11) is 0. The number of amides is 1.